The molecule has 90 valence electrons. The molecule has 3 N–H and O–H groups in total. The maximum Gasteiger partial charge on any atom is 0.126 e. The highest BCUT2D eigenvalue weighted by atomic mass is 79.9. The van der Waals surface area contributed by atoms with Gasteiger partial charge < -0.3 is 15.8 Å². The smallest absolute Gasteiger partial charge is 0.126 e. The molecule has 1 aromatic rings. The molecule has 0 saturated heterocycles. The lowest BCUT2D eigenvalue weighted by molar-refractivity contribution is 0.183. The Kier molecular flexibility index (Phi) is 5.73. The maximum absolute atomic E-state index is 5.54. The van der Waals surface area contributed by atoms with Crippen molar-refractivity contribution in [2.45, 2.75) is 19.4 Å². The van der Waals surface area contributed by atoms with Gasteiger partial charge in [0.2, 0.25) is 0 Å². The quantitative estimate of drug-likeness (QED) is 0.839. The highest BCUT2D eigenvalue weighted by Crippen LogP contribution is 2.17. The van der Waals surface area contributed by atoms with Gasteiger partial charge in [0.05, 0.1) is 12.6 Å². The fourth-order valence-corrected chi connectivity index (χ4v) is 1.64. The van der Waals surface area contributed by atoms with Crippen molar-refractivity contribution < 1.29 is 4.74 Å². The summed E-state index contributed by atoms with van der Waals surface area (Å²) >= 11 is 3.42. The van der Waals surface area contributed by atoms with Crippen LogP contribution >= 0.6 is 15.9 Å². The van der Waals surface area contributed by atoms with Crippen molar-refractivity contribution in [2.75, 3.05) is 25.6 Å². The molecule has 1 atom stereocenters. The molecule has 0 aromatic carbocycles. The Morgan fingerprint density at radius 1 is 1.62 bits per heavy atom. The fourth-order valence-electron chi connectivity index (χ4n) is 1.43. The number of hydrogen-bond donors (Lipinski definition) is 2. The van der Waals surface area contributed by atoms with Gasteiger partial charge in [-0.1, -0.05) is 0 Å². The molecular formula is C11H18BrN3O. The topological polar surface area (TPSA) is 60.2 Å². The van der Waals surface area contributed by atoms with E-state index in [9.17, 15) is 0 Å². The first kappa shape index (κ1) is 13.4. The molecule has 0 spiro atoms. The Bertz CT molecular complexity index is 327. The molecule has 5 heteroatoms. The fraction of sp³-hybridized carbons (Fsp3) is 0.545. The number of nitrogens with two attached hydrogens (primary N) is 1. The van der Waals surface area contributed by atoms with E-state index >= 15 is 0 Å². The van der Waals surface area contributed by atoms with Gasteiger partial charge in [-0.25, -0.2) is 4.98 Å². The number of ether oxygens (including phenoxy) is 1. The molecule has 1 aromatic heterocycles. The molecule has 0 amide bonds. The van der Waals surface area contributed by atoms with Crippen LogP contribution in [0.4, 0.5) is 5.82 Å². The number of aryl methyl sites for hydroxylation is 1. The normalized spacial score (nSPS) is 12.5. The lowest BCUT2D eigenvalue weighted by atomic mass is 10.2. The number of halogens is 1. The van der Waals surface area contributed by atoms with E-state index < -0.39 is 0 Å². The van der Waals surface area contributed by atoms with E-state index in [0.717, 1.165) is 22.3 Å². The second-order valence-corrected chi connectivity index (χ2v) is 4.55. The maximum atomic E-state index is 5.54. The van der Waals surface area contributed by atoms with Gasteiger partial charge in [0.1, 0.15) is 5.82 Å². The monoisotopic (exact) mass is 287 g/mol. The standard InChI is InChI=1S/C11H18BrN3O/c1-8-5-11(14-6-10(8)12)15-9(3-4-13)7-16-2/h5-6,9H,3-4,7,13H2,1-2H3,(H,14,15). The molecule has 0 fully saturated rings. The predicted molar refractivity (Wildman–Crippen MR) is 69.6 cm³/mol. The first-order chi connectivity index (χ1) is 7.67. The van der Waals surface area contributed by atoms with E-state index in [1.54, 1.807) is 13.3 Å². The second kappa shape index (κ2) is 6.83. The molecule has 0 radical (unpaired) electrons. The SMILES string of the molecule is COCC(CCN)Nc1cc(C)c(Br)cn1. The third-order valence-corrected chi connectivity index (χ3v) is 3.11. The Hall–Kier alpha value is -0.650. The molecule has 16 heavy (non-hydrogen) atoms. The molecule has 0 bridgehead atoms. The summed E-state index contributed by atoms with van der Waals surface area (Å²) in [6, 6.07) is 2.21. The highest BCUT2D eigenvalue weighted by Gasteiger charge is 2.08. The highest BCUT2D eigenvalue weighted by molar-refractivity contribution is 9.10. The lowest BCUT2D eigenvalue weighted by Gasteiger charge is -2.18. The van der Waals surface area contributed by atoms with Crippen molar-refractivity contribution >= 4 is 21.7 Å². The summed E-state index contributed by atoms with van der Waals surface area (Å²) in [6.45, 7) is 3.30. The van der Waals surface area contributed by atoms with Crippen LogP contribution in [0, 0.1) is 6.92 Å². The van der Waals surface area contributed by atoms with Crippen molar-refractivity contribution in [1.82, 2.24) is 4.98 Å². The molecule has 0 aliphatic rings. The van der Waals surface area contributed by atoms with Crippen molar-refractivity contribution in [1.29, 1.82) is 0 Å². The van der Waals surface area contributed by atoms with E-state index in [-0.39, 0.29) is 6.04 Å². The largest absolute Gasteiger partial charge is 0.383 e. The Balaban J connectivity index is 2.65. The molecular weight excluding hydrogens is 270 g/mol. The van der Waals surface area contributed by atoms with Gasteiger partial charge in [-0.15, -0.1) is 0 Å². The van der Waals surface area contributed by atoms with Crippen LogP contribution in [0.5, 0.6) is 0 Å². The van der Waals surface area contributed by atoms with E-state index in [4.69, 9.17) is 10.5 Å². The summed E-state index contributed by atoms with van der Waals surface area (Å²) in [7, 11) is 1.69. The number of nitrogens with one attached hydrogen (secondary N) is 1. The number of methoxy groups -OCH3 is 1. The number of nitrogens with zero attached hydrogens (tertiary/aromatic N) is 1. The van der Waals surface area contributed by atoms with Crippen LogP contribution in [-0.4, -0.2) is 31.3 Å². The zero-order chi connectivity index (χ0) is 12.0. The van der Waals surface area contributed by atoms with Crippen molar-refractivity contribution in [3.63, 3.8) is 0 Å². The number of aromatic nitrogens is 1. The summed E-state index contributed by atoms with van der Waals surface area (Å²) in [5.74, 6) is 0.858. The van der Waals surface area contributed by atoms with E-state index in [1.165, 1.54) is 0 Å². The van der Waals surface area contributed by atoms with Gasteiger partial charge in [0, 0.05) is 17.8 Å². The molecule has 0 aliphatic heterocycles. The predicted octanol–water partition coefficient (Wildman–Crippen LogP) is 1.93. The minimum atomic E-state index is 0.211. The minimum absolute atomic E-state index is 0.211. The number of rotatable bonds is 6. The van der Waals surface area contributed by atoms with Crippen LogP contribution in [0.2, 0.25) is 0 Å². The Morgan fingerprint density at radius 2 is 2.38 bits per heavy atom. The second-order valence-electron chi connectivity index (χ2n) is 3.69. The lowest BCUT2D eigenvalue weighted by Crippen LogP contribution is -2.28. The van der Waals surface area contributed by atoms with E-state index in [0.29, 0.717) is 13.2 Å². The third-order valence-electron chi connectivity index (χ3n) is 2.28. The summed E-state index contributed by atoms with van der Waals surface area (Å²) in [5, 5.41) is 3.31. The van der Waals surface area contributed by atoms with E-state index in [1.807, 2.05) is 13.0 Å². The van der Waals surface area contributed by atoms with Crippen molar-refractivity contribution in [2.24, 2.45) is 5.73 Å². The van der Waals surface area contributed by atoms with Crippen LogP contribution in [0.25, 0.3) is 0 Å². The van der Waals surface area contributed by atoms with Crippen LogP contribution in [-0.2, 0) is 4.74 Å². The molecule has 0 aliphatic carbocycles. The minimum Gasteiger partial charge on any atom is -0.383 e. The van der Waals surface area contributed by atoms with Gasteiger partial charge in [-0.05, 0) is 47.4 Å². The van der Waals surface area contributed by atoms with Crippen LogP contribution < -0.4 is 11.1 Å². The number of anilines is 1. The Morgan fingerprint density at radius 3 is 2.94 bits per heavy atom. The third kappa shape index (κ3) is 4.08. The summed E-state index contributed by atoms with van der Waals surface area (Å²) < 4.78 is 6.14. The van der Waals surface area contributed by atoms with Gasteiger partial charge in [0.15, 0.2) is 0 Å². The number of hydrogen-bond acceptors (Lipinski definition) is 4. The average Bonchev–Trinajstić information content (AvgIpc) is 2.24. The number of pyridine rings is 1. The molecule has 1 unspecified atom stereocenters. The van der Waals surface area contributed by atoms with Gasteiger partial charge in [0.25, 0.3) is 0 Å². The first-order valence-electron chi connectivity index (χ1n) is 5.25. The Labute approximate surface area is 105 Å². The molecule has 4 nitrogen and oxygen atoms in total. The molecule has 1 rings (SSSR count). The van der Waals surface area contributed by atoms with Gasteiger partial charge >= 0.3 is 0 Å². The zero-order valence-electron chi connectivity index (χ0n) is 9.66. The summed E-state index contributed by atoms with van der Waals surface area (Å²) in [4.78, 5) is 4.29. The summed E-state index contributed by atoms with van der Waals surface area (Å²) in [5.41, 5.74) is 6.70. The van der Waals surface area contributed by atoms with E-state index in [2.05, 4.69) is 26.2 Å². The first-order valence-corrected chi connectivity index (χ1v) is 6.04. The van der Waals surface area contributed by atoms with Crippen LogP contribution in [0.15, 0.2) is 16.7 Å². The molecule has 0 saturated carbocycles. The zero-order valence-corrected chi connectivity index (χ0v) is 11.3. The molecule has 1 heterocycles. The van der Waals surface area contributed by atoms with Crippen molar-refractivity contribution in [3.05, 3.63) is 22.3 Å². The van der Waals surface area contributed by atoms with Gasteiger partial charge in [-0.3, -0.25) is 0 Å². The van der Waals surface area contributed by atoms with Gasteiger partial charge in [-0.2, -0.15) is 0 Å². The summed E-state index contributed by atoms with van der Waals surface area (Å²) in [6.07, 6.45) is 2.66. The van der Waals surface area contributed by atoms with Crippen LogP contribution in [0.1, 0.15) is 12.0 Å². The average molecular weight is 288 g/mol. The van der Waals surface area contributed by atoms with Crippen LogP contribution in [0.3, 0.4) is 0 Å². The van der Waals surface area contributed by atoms with Crippen molar-refractivity contribution in [3.8, 4) is 0 Å².